The zero-order valence-corrected chi connectivity index (χ0v) is 11.3. The smallest absolute Gasteiger partial charge is 0.0340 e. The number of nitrogens with zero attached hydrogens (tertiary/aromatic N) is 2. The summed E-state index contributed by atoms with van der Waals surface area (Å²) < 4.78 is 0. The van der Waals surface area contributed by atoms with Crippen molar-refractivity contribution in [2.24, 2.45) is 0 Å². The number of aromatic nitrogens is 2. The fourth-order valence-corrected chi connectivity index (χ4v) is 1.14. The molecule has 0 aliphatic carbocycles. The maximum absolute atomic E-state index is 4.03. The summed E-state index contributed by atoms with van der Waals surface area (Å²) in [7, 11) is 0. The molecule has 0 fully saturated rings. The Morgan fingerprint density at radius 3 is 1.60 bits per heavy atom. The molecule has 0 unspecified atom stereocenters. The number of hydrogen-bond donors (Lipinski definition) is 0. The summed E-state index contributed by atoms with van der Waals surface area (Å²) in [5.74, 6) is 0. The molecule has 3 heteroatoms. The van der Waals surface area contributed by atoms with Gasteiger partial charge in [0.1, 0.15) is 0 Å². The van der Waals surface area contributed by atoms with Crippen LogP contribution < -0.4 is 0 Å². The van der Waals surface area contributed by atoms with E-state index in [4.69, 9.17) is 0 Å². The molecule has 70 valence electrons. The summed E-state index contributed by atoms with van der Waals surface area (Å²) in [5, 5.41) is 0. The van der Waals surface area contributed by atoms with E-state index < -0.39 is 0 Å². The Labute approximate surface area is 102 Å². The molecule has 0 atom stereocenters. The van der Waals surface area contributed by atoms with Gasteiger partial charge in [0.2, 0.25) is 0 Å². The van der Waals surface area contributed by atoms with Crippen molar-refractivity contribution in [1.29, 1.82) is 0 Å². The van der Waals surface area contributed by atoms with Crippen LogP contribution in [-0.2, 0) is 19.5 Å². The van der Waals surface area contributed by atoms with Crippen molar-refractivity contribution in [2.75, 3.05) is 0 Å². The summed E-state index contributed by atoms with van der Waals surface area (Å²) in [6.07, 6.45) is 11.2. The molecule has 0 bridgehead atoms. The number of rotatable bonds is 2. The molecule has 2 heterocycles. The van der Waals surface area contributed by atoms with Crippen LogP contribution in [0.3, 0.4) is 0 Å². The molecule has 2 nitrogen and oxygen atoms in total. The van der Waals surface area contributed by atoms with E-state index in [1.54, 1.807) is 12.4 Å². The molecule has 0 aromatic carbocycles. The van der Waals surface area contributed by atoms with Crippen LogP contribution in [-0.4, -0.2) is 9.97 Å². The maximum Gasteiger partial charge on any atom is 0.0340 e. The van der Waals surface area contributed by atoms with Gasteiger partial charge < -0.3 is 0 Å². The monoisotopic (exact) mass is 246 g/mol. The van der Waals surface area contributed by atoms with Crippen LogP contribution in [0.15, 0.2) is 49.1 Å². The van der Waals surface area contributed by atoms with E-state index in [2.05, 4.69) is 9.97 Å². The van der Waals surface area contributed by atoms with Crippen LogP contribution in [0, 0.1) is 0 Å². The van der Waals surface area contributed by atoms with Crippen molar-refractivity contribution >= 4 is 12.2 Å². The Morgan fingerprint density at radius 1 is 0.800 bits per heavy atom. The van der Waals surface area contributed by atoms with Gasteiger partial charge in [-0.2, -0.15) is 0 Å². The van der Waals surface area contributed by atoms with Crippen LogP contribution in [0.4, 0.5) is 0 Å². The second-order valence-corrected chi connectivity index (χ2v) is 2.91. The van der Waals surface area contributed by atoms with E-state index in [0.29, 0.717) is 0 Å². The molecule has 0 saturated carbocycles. The van der Waals surface area contributed by atoms with Crippen LogP contribution in [0.1, 0.15) is 11.1 Å². The van der Waals surface area contributed by atoms with Crippen molar-refractivity contribution in [2.45, 2.75) is 0 Å². The maximum atomic E-state index is 4.03. The van der Waals surface area contributed by atoms with Crippen molar-refractivity contribution in [3.8, 4) is 0 Å². The Hall–Kier alpha value is -1.34. The van der Waals surface area contributed by atoms with Gasteiger partial charge in [-0.25, -0.2) is 0 Å². The van der Waals surface area contributed by atoms with Gasteiger partial charge in [0.05, 0.1) is 0 Å². The van der Waals surface area contributed by atoms with Crippen molar-refractivity contribution in [3.05, 3.63) is 60.2 Å². The summed E-state index contributed by atoms with van der Waals surface area (Å²) >= 11 is 0. The van der Waals surface area contributed by atoms with Gasteiger partial charge in [-0.3, -0.25) is 9.97 Å². The van der Waals surface area contributed by atoms with Crippen LogP contribution in [0.25, 0.3) is 12.2 Å². The first-order valence-electron chi connectivity index (χ1n) is 4.43. The largest absolute Gasteiger partial charge is 0.264 e. The zero-order valence-electron chi connectivity index (χ0n) is 8.38. The van der Waals surface area contributed by atoms with Crippen molar-refractivity contribution in [3.63, 3.8) is 0 Å². The first kappa shape index (κ1) is 11.7. The molecule has 0 amide bonds. The van der Waals surface area contributed by atoms with Gasteiger partial charge in [-0.1, -0.05) is 24.3 Å². The SMILES string of the molecule is C(=C\c1cccnc1)/c1cccnc1.[Zn]. The average molecular weight is 248 g/mol. The summed E-state index contributed by atoms with van der Waals surface area (Å²) in [4.78, 5) is 8.06. The predicted octanol–water partition coefficient (Wildman–Crippen LogP) is 2.64. The minimum absolute atomic E-state index is 0. The molecule has 0 saturated heterocycles. The molecule has 0 radical (unpaired) electrons. The number of pyridine rings is 2. The Morgan fingerprint density at radius 2 is 1.27 bits per heavy atom. The molecule has 2 rings (SSSR count). The fourth-order valence-electron chi connectivity index (χ4n) is 1.14. The van der Waals surface area contributed by atoms with Crippen LogP contribution in [0.5, 0.6) is 0 Å². The summed E-state index contributed by atoms with van der Waals surface area (Å²) in [6.45, 7) is 0. The van der Waals surface area contributed by atoms with E-state index in [9.17, 15) is 0 Å². The van der Waals surface area contributed by atoms with Gasteiger partial charge in [0.15, 0.2) is 0 Å². The van der Waals surface area contributed by atoms with Crippen molar-refractivity contribution < 1.29 is 19.5 Å². The molecule has 0 N–H and O–H groups in total. The van der Waals surface area contributed by atoms with Gasteiger partial charge in [0, 0.05) is 44.3 Å². The third-order valence-corrected chi connectivity index (χ3v) is 1.84. The van der Waals surface area contributed by atoms with Crippen molar-refractivity contribution in [1.82, 2.24) is 9.97 Å². The minimum Gasteiger partial charge on any atom is -0.264 e. The second-order valence-electron chi connectivity index (χ2n) is 2.91. The van der Waals surface area contributed by atoms with Crippen LogP contribution >= 0.6 is 0 Å². The molecule has 0 spiro atoms. The van der Waals surface area contributed by atoms with E-state index in [-0.39, 0.29) is 19.5 Å². The molecule has 15 heavy (non-hydrogen) atoms. The van der Waals surface area contributed by atoms with Crippen LogP contribution in [0.2, 0.25) is 0 Å². The molecule has 0 aliphatic heterocycles. The topological polar surface area (TPSA) is 25.8 Å². The molecule has 2 aromatic rings. The average Bonchev–Trinajstić information content (AvgIpc) is 2.29. The zero-order chi connectivity index (χ0) is 9.64. The third-order valence-electron chi connectivity index (χ3n) is 1.84. The summed E-state index contributed by atoms with van der Waals surface area (Å²) in [5.41, 5.74) is 2.19. The fraction of sp³-hybridized carbons (Fsp3) is 0. The van der Waals surface area contributed by atoms with Gasteiger partial charge in [-0.05, 0) is 23.3 Å². The number of hydrogen-bond acceptors (Lipinski definition) is 2. The molecule has 0 aliphatic rings. The minimum atomic E-state index is 0. The standard InChI is InChI=1S/C12H10N2.Zn/c1-3-11(9-13-7-1)5-6-12-4-2-8-14-10-12;/h1-10H;/b6-5+;. The van der Waals surface area contributed by atoms with Gasteiger partial charge in [0.25, 0.3) is 0 Å². The first-order valence-corrected chi connectivity index (χ1v) is 4.43. The molecular formula is C12H10N2Zn. The Bertz CT molecular complexity index is 371. The van der Waals surface area contributed by atoms with Gasteiger partial charge >= 0.3 is 0 Å². The Balaban J connectivity index is 0.00000112. The predicted molar refractivity (Wildman–Crippen MR) is 57.4 cm³/mol. The first-order chi connectivity index (χ1) is 6.95. The molecular weight excluding hydrogens is 238 g/mol. The quantitative estimate of drug-likeness (QED) is 0.763. The third kappa shape index (κ3) is 3.72. The second kappa shape index (κ2) is 6.20. The normalized spacial score (nSPS) is 9.87. The summed E-state index contributed by atoms with van der Waals surface area (Å²) in [6, 6.07) is 7.87. The van der Waals surface area contributed by atoms with E-state index in [1.807, 2.05) is 48.8 Å². The van der Waals surface area contributed by atoms with Gasteiger partial charge in [-0.15, -0.1) is 0 Å². The molecule has 2 aromatic heterocycles. The van der Waals surface area contributed by atoms with E-state index in [0.717, 1.165) is 11.1 Å². The van der Waals surface area contributed by atoms with E-state index in [1.165, 1.54) is 0 Å². The van der Waals surface area contributed by atoms with E-state index >= 15 is 0 Å². The Kier molecular flexibility index (Phi) is 4.85.